The highest BCUT2D eigenvalue weighted by Crippen LogP contribution is 2.22. The summed E-state index contributed by atoms with van der Waals surface area (Å²) in [7, 11) is 1.83. The Morgan fingerprint density at radius 3 is 2.83 bits per heavy atom. The largest absolute Gasteiger partial charge is 0.379 e. The molecule has 0 saturated carbocycles. The van der Waals surface area contributed by atoms with Crippen LogP contribution in [0.3, 0.4) is 0 Å². The first-order valence-corrected chi connectivity index (χ1v) is 8.50. The van der Waals surface area contributed by atoms with E-state index in [0.29, 0.717) is 0 Å². The maximum absolute atomic E-state index is 11.9. The smallest absolute Gasteiger partial charge is 0.220 e. The number of morpholine rings is 1. The van der Waals surface area contributed by atoms with E-state index in [1.807, 2.05) is 36.0 Å². The van der Waals surface area contributed by atoms with E-state index in [9.17, 15) is 4.79 Å². The minimum absolute atomic E-state index is 0.0333. The van der Waals surface area contributed by atoms with E-state index < -0.39 is 0 Å². The van der Waals surface area contributed by atoms with Gasteiger partial charge in [-0.3, -0.25) is 9.69 Å². The highest BCUT2D eigenvalue weighted by atomic mass is 16.5. The molecule has 1 saturated heterocycles. The Labute approximate surface area is 142 Å². The molecule has 3 rings (SSSR count). The van der Waals surface area contributed by atoms with Crippen molar-refractivity contribution in [3.05, 3.63) is 24.3 Å². The zero-order chi connectivity index (χ0) is 16.9. The third-order valence-electron chi connectivity index (χ3n) is 4.64. The molecule has 1 aliphatic rings. The fourth-order valence-corrected chi connectivity index (χ4v) is 3.12. The summed E-state index contributed by atoms with van der Waals surface area (Å²) in [4.78, 5) is 16.1. The zero-order valence-electron chi connectivity index (χ0n) is 14.4. The van der Waals surface area contributed by atoms with Crippen LogP contribution >= 0.6 is 0 Å². The van der Waals surface area contributed by atoms with Gasteiger partial charge in [-0.1, -0.05) is 17.3 Å². The fourth-order valence-electron chi connectivity index (χ4n) is 3.12. The average molecular weight is 331 g/mol. The predicted octanol–water partition coefficient (Wildman–Crippen LogP) is 1.52. The van der Waals surface area contributed by atoms with Crippen LogP contribution in [0.4, 0.5) is 0 Å². The third kappa shape index (κ3) is 3.73. The Morgan fingerprint density at radius 2 is 2.08 bits per heavy atom. The van der Waals surface area contributed by atoms with E-state index >= 15 is 0 Å². The minimum atomic E-state index is -0.115. The number of hydrogen-bond donors (Lipinski definition) is 0. The summed E-state index contributed by atoms with van der Waals surface area (Å²) in [5, 5.41) is 8.53. The Bertz CT molecular complexity index is 680. The lowest BCUT2D eigenvalue weighted by Crippen LogP contribution is -2.38. The van der Waals surface area contributed by atoms with Gasteiger partial charge in [0, 0.05) is 27.1 Å². The molecule has 7 heteroatoms. The average Bonchev–Trinajstić information content (AvgIpc) is 3.03. The fraction of sp³-hybridized carbons (Fsp3) is 0.588. The van der Waals surface area contributed by atoms with Gasteiger partial charge in [-0.2, -0.15) is 0 Å². The lowest BCUT2D eigenvalue weighted by molar-refractivity contribution is -0.131. The maximum Gasteiger partial charge on any atom is 0.220 e. The molecule has 0 bridgehead atoms. The van der Waals surface area contributed by atoms with Crippen LogP contribution in [0, 0.1) is 0 Å². The lowest BCUT2D eigenvalue weighted by Gasteiger charge is -2.30. The van der Waals surface area contributed by atoms with Gasteiger partial charge >= 0.3 is 0 Å². The summed E-state index contributed by atoms with van der Waals surface area (Å²) in [5.41, 5.74) is 1.81. The molecule has 0 aliphatic carbocycles. The second-order valence-corrected chi connectivity index (χ2v) is 6.23. The number of para-hydroxylation sites is 1. The molecular formula is C17H25N5O2. The monoisotopic (exact) mass is 331 g/mol. The van der Waals surface area contributed by atoms with Crippen molar-refractivity contribution in [2.45, 2.75) is 25.9 Å². The van der Waals surface area contributed by atoms with Crippen LogP contribution in [-0.2, 0) is 9.53 Å². The van der Waals surface area contributed by atoms with Gasteiger partial charge in [0.25, 0.3) is 0 Å². The molecule has 1 unspecified atom stereocenters. The molecule has 1 atom stereocenters. The molecule has 2 aromatic rings. The van der Waals surface area contributed by atoms with Crippen LogP contribution in [0.1, 0.15) is 25.9 Å². The molecule has 7 nitrogen and oxygen atoms in total. The Balaban J connectivity index is 1.72. The van der Waals surface area contributed by atoms with Crippen molar-refractivity contribution >= 4 is 16.9 Å². The molecule has 1 aliphatic heterocycles. The van der Waals surface area contributed by atoms with E-state index in [-0.39, 0.29) is 12.1 Å². The molecule has 1 aromatic carbocycles. The first-order valence-electron chi connectivity index (χ1n) is 8.50. The van der Waals surface area contributed by atoms with Crippen molar-refractivity contribution in [1.82, 2.24) is 24.8 Å². The van der Waals surface area contributed by atoms with Gasteiger partial charge in [0.05, 0.1) is 18.7 Å². The first-order chi connectivity index (χ1) is 11.7. The summed E-state index contributed by atoms with van der Waals surface area (Å²) >= 11 is 0. The van der Waals surface area contributed by atoms with Crippen LogP contribution in [0.25, 0.3) is 11.0 Å². The Hall–Kier alpha value is -1.99. The molecule has 2 heterocycles. The van der Waals surface area contributed by atoms with Gasteiger partial charge in [0.2, 0.25) is 5.91 Å². The topological polar surface area (TPSA) is 63.5 Å². The van der Waals surface area contributed by atoms with Crippen molar-refractivity contribution in [3.8, 4) is 0 Å². The van der Waals surface area contributed by atoms with Crippen molar-refractivity contribution in [3.63, 3.8) is 0 Å². The van der Waals surface area contributed by atoms with Crippen molar-refractivity contribution in [2.75, 3.05) is 39.9 Å². The van der Waals surface area contributed by atoms with E-state index in [1.165, 1.54) is 0 Å². The number of amides is 1. The van der Waals surface area contributed by atoms with Crippen LogP contribution in [0.5, 0.6) is 0 Å². The number of carbonyl (C=O) groups excluding carboxylic acids is 1. The van der Waals surface area contributed by atoms with Gasteiger partial charge in [-0.15, -0.1) is 5.10 Å². The standard InChI is InChI=1S/C17H25N5O2/c1-14(23)20(2)17(8-5-9-21-10-12-24-13-11-21)22-16-7-4-3-6-15(16)18-19-22/h3-4,6-7,17H,5,8-13H2,1-2H3. The van der Waals surface area contributed by atoms with E-state index in [0.717, 1.165) is 56.7 Å². The summed E-state index contributed by atoms with van der Waals surface area (Å²) < 4.78 is 7.26. The van der Waals surface area contributed by atoms with E-state index in [4.69, 9.17) is 4.74 Å². The number of ether oxygens (including phenoxy) is 1. The number of nitrogens with zero attached hydrogens (tertiary/aromatic N) is 5. The molecule has 0 N–H and O–H groups in total. The molecule has 1 aromatic heterocycles. The second kappa shape index (κ2) is 7.72. The van der Waals surface area contributed by atoms with Crippen LogP contribution in [-0.4, -0.2) is 70.6 Å². The van der Waals surface area contributed by atoms with Gasteiger partial charge < -0.3 is 9.64 Å². The summed E-state index contributed by atoms with van der Waals surface area (Å²) in [6, 6.07) is 7.86. The molecule has 0 spiro atoms. The SMILES string of the molecule is CC(=O)N(C)C(CCCN1CCOCC1)n1nnc2ccccc21. The second-order valence-electron chi connectivity index (χ2n) is 6.23. The van der Waals surface area contributed by atoms with Crippen LogP contribution in [0.15, 0.2) is 24.3 Å². The number of rotatable bonds is 6. The highest BCUT2D eigenvalue weighted by Gasteiger charge is 2.22. The molecule has 0 radical (unpaired) electrons. The number of fused-ring (bicyclic) bond motifs is 1. The normalized spacial score (nSPS) is 17.1. The number of aromatic nitrogens is 3. The number of benzene rings is 1. The summed E-state index contributed by atoms with van der Waals surface area (Å²) in [6.07, 6.45) is 1.73. The summed E-state index contributed by atoms with van der Waals surface area (Å²) in [6.45, 7) is 6.19. The van der Waals surface area contributed by atoms with Gasteiger partial charge in [0.15, 0.2) is 0 Å². The van der Waals surface area contributed by atoms with Crippen molar-refractivity contribution in [2.24, 2.45) is 0 Å². The van der Waals surface area contributed by atoms with E-state index in [2.05, 4.69) is 15.2 Å². The van der Waals surface area contributed by atoms with E-state index in [1.54, 1.807) is 11.8 Å². The van der Waals surface area contributed by atoms with Gasteiger partial charge in [-0.25, -0.2) is 4.68 Å². The molecule has 1 amide bonds. The Kier molecular flexibility index (Phi) is 5.42. The molecular weight excluding hydrogens is 306 g/mol. The quantitative estimate of drug-likeness (QED) is 0.803. The lowest BCUT2D eigenvalue weighted by atomic mass is 10.2. The number of carbonyl (C=O) groups is 1. The zero-order valence-corrected chi connectivity index (χ0v) is 14.4. The Morgan fingerprint density at radius 1 is 1.33 bits per heavy atom. The third-order valence-corrected chi connectivity index (χ3v) is 4.64. The predicted molar refractivity (Wildman–Crippen MR) is 91.5 cm³/mol. The minimum Gasteiger partial charge on any atom is -0.379 e. The van der Waals surface area contributed by atoms with Crippen LogP contribution in [0.2, 0.25) is 0 Å². The number of hydrogen-bond acceptors (Lipinski definition) is 5. The van der Waals surface area contributed by atoms with Gasteiger partial charge in [-0.05, 0) is 31.5 Å². The molecule has 130 valence electrons. The maximum atomic E-state index is 11.9. The van der Waals surface area contributed by atoms with Crippen LogP contribution < -0.4 is 0 Å². The molecule has 1 fully saturated rings. The highest BCUT2D eigenvalue weighted by molar-refractivity contribution is 5.75. The van der Waals surface area contributed by atoms with Crippen molar-refractivity contribution in [1.29, 1.82) is 0 Å². The first kappa shape index (κ1) is 16.9. The van der Waals surface area contributed by atoms with Crippen molar-refractivity contribution < 1.29 is 9.53 Å². The molecule has 24 heavy (non-hydrogen) atoms. The summed E-state index contributed by atoms with van der Waals surface area (Å²) in [5.74, 6) is 0.0333. The van der Waals surface area contributed by atoms with Gasteiger partial charge in [0.1, 0.15) is 11.7 Å².